The van der Waals surface area contributed by atoms with Gasteiger partial charge in [-0.3, -0.25) is 14.2 Å². The van der Waals surface area contributed by atoms with Crippen molar-refractivity contribution in [1.82, 2.24) is 14.9 Å². The number of para-hydroxylation sites is 1. The molecule has 1 aromatic heterocycles. The van der Waals surface area contributed by atoms with Crippen LogP contribution in [0.15, 0.2) is 53.3 Å². The van der Waals surface area contributed by atoms with Crippen LogP contribution in [-0.2, 0) is 0 Å². The Morgan fingerprint density at radius 1 is 1.15 bits per heavy atom. The van der Waals surface area contributed by atoms with Gasteiger partial charge in [0.25, 0.3) is 11.5 Å². The molecular weight excluding hydrogens is 346 g/mol. The highest BCUT2D eigenvalue weighted by molar-refractivity contribution is 7.71. The highest BCUT2D eigenvalue weighted by Crippen LogP contribution is 2.12. The van der Waals surface area contributed by atoms with Gasteiger partial charge in [-0.25, -0.2) is 0 Å². The van der Waals surface area contributed by atoms with Gasteiger partial charge >= 0.3 is 0 Å². The van der Waals surface area contributed by atoms with Crippen molar-refractivity contribution in [3.8, 4) is 5.69 Å². The first kappa shape index (κ1) is 18.1. The van der Waals surface area contributed by atoms with Crippen LogP contribution in [0.4, 0.5) is 0 Å². The van der Waals surface area contributed by atoms with Crippen molar-refractivity contribution in [2.75, 3.05) is 6.54 Å². The van der Waals surface area contributed by atoms with Gasteiger partial charge in [0.15, 0.2) is 4.77 Å². The molecule has 6 heteroatoms. The minimum atomic E-state index is -0.182. The molecule has 0 aliphatic heterocycles. The van der Waals surface area contributed by atoms with Crippen LogP contribution in [0.5, 0.6) is 0 Å². The fourth-order valence-corrected chi connectivity index (χ4v) is 3.03. The Balaban J connectivity index is 1.90. The highest BCUT2D eigenvalue weighted by atomic mass is 32.1. The molecule has 2 N–H and O–H groups in total. The lowest BCUT2D eigenvalue weighted by atomic mass is 10.1. The van der Waals surface area contributed by atoms with Crippen LogP contribution in [0.1, 0.15) is 30.6 Å². The predicted molar refractivity (Wildman–Crippen MR) is 107 cm³/mol. The molecule has 3 rings (SSSR count). The summed E-state index contributed by atoms with van der Waals surface area (Å²) in [6.45, 7) is 4.88. The molecule has 0 unspecified atom stereocenters. The van der Waals surface area contributed by atoms with Crippen molar-refractivity contribution in [1.29, 1.82) is 0 Å². The summed E-state index contributed by atoms with van der Waals surface area (Å²) in [6, 6.07) is 14.1. The topological polar surface area (TPSA) is 66.9 Å². The summed E-state index contributed by atoms with van der Waals surface area (Å²) in [5, 5.41) is 3.47. The smallest absolute Gasteiger partial charge is 0.266 e. The van der Waals surface area contributed by atoms with Crippen LogP contribution >= 0.6 is 12.2 Å². The van der Waals surface area contributed by atoms with E-state index in [1.807, 2.05) is 18.2 Å². The SMILES string of the molecule is CC(C)CCNC(=O)c1ccc(-n2c(=S)[nH]c3ccccc3c2=O)cc1. The van der Waals surface area contributed by atoms with Crippen molar-refractivity contribution in [2.45, 2.75) is 20.3 Å². The normalized spacial score (nSPS) is 11.0. The second-order valence-corrected chi connectivity index (χ2v) is 6.99. The molecule has 0 bridgehead atoms. The van der Waals surface area contributed by atoms with Crippen LogP contribution in [0, 0.1) is 10.7 Å². The van der Waals surface area contributed by atoms with Crippen molar-refractivity contribution < 1.29 is 4.79 Å². The number of benzene rings is 2. The van der Waals surface area contributed by atoms with Crippen molar-refractivity contribution >= 4 is 29.0 Å². The number of aromatic amines is 1. The third-order valence-corrected chi connectivity index (χ3v) is 4.48. The Morgan fingerprint density at radius 2 is 1.85 bits per heavy atom. The van der Waals surface area contributed by atoms with Gasteiger partial charge < -0.3 is 10.3 Å². The Labute approximate surface area is 156 Å². The van der Waals surface area contributed by atoms with Crippen LogP contribution < -0.4 is 10.9 Å². The van der Waals surface area contributed by atoms with E-state index in [0.29, 0.717) is 39.4 Å². The molecule has 0 saturated heterocycles. The summed E-state index contributed by atoms with van der Waals surface area (Å²) in [5.74, 6) is 0.424. The fraction of sp³-hybridized carbons (Fsp3) is 0.250. The standard InChI is InChI=1S/C20H21N3O2S/c1-13(2)11-12-21-18(24)14-7-9-15(10-8-14)23-19(25)16-5-3-4-6-17(16)22-20(23)26/h3-10,13H,11-12H2,1-2H3,(H,21,24)(H,22,26). The summed E-state index contributed by atoms with van der Waals surface area (Å²) < 4.78 is 1.76. The van der Waals surface area contributed by atoms with Gasteiger partial charge in [0, 0.05) is 12.1 Å². The second-order valence-electron chi connectivity index (χ2n) is 6.60. The number of fused-ring (bicyclic) bond motifs is 1. The van der Waals surface area contributed by atoms with Gasteiger partial charge in [0.1, 0.15) is 0 Å². The minimum Gasteiger partial charge on any atom is -0.352 e. The van der Waals surface area contributed by atoms with E-state index >= 15 is 0 Å². The van der Waals surface area contributed by atoms with E-state index in [4.69, 9.17) is 12.2 Å². The molecule has 3 aromatic rings. The van der Waals surface area contributed by atoms with E-state index < -0.39 is 0 Å². The van der Waals surface area contributed by atoms with Crippen molar-refractivity contribution in [2.24, 2.45) is 5.92 Å². The first-order chi connectivity index (χ1) is 12.5. The Hall–Kier alpha value is -2.73. The maximum Gasteiger partial charge on any atom is 0.266 e. The molecule has 26 heavy (non-hydrogen) atoms. The Morgan fingerprint density at radius 3 is 2.54 bits per heavy atom. The summed E-state index contributed by atoms with van der Waals surface area (Å²) in [5.41, 5.74) is 1.71. The molecule has 0 radical (unpaired) electrons. The average Bonchev–Trinajstić information content (AvgIpc) is 2.62. The van der Waals surface area contributed by atoms with Crippen LogP contribution in [0.25, 0.3) is 16.6 Å². The van der Waals surface area contributed by atoms with E-state index in [2.05, 4.69) is 24.1 Å². The first-order valence-corrected chi connectivity index (χ1v) is 9.01. The average molecular weight is 367 g/mol. The molecule has 0 fully saturated rings. The van der Waals surface area contributed by atoms with Gasteiger partial charge in [-0.05, 0) is 61.0 Å². The lowest BCUT2D eigenvalue weighted by Gasteiger charge is -2.10. The predicted octanol–water partition coefficient (Wildman–Crippen LogP) is 3.82. The quantitative estimate of drug-likeness (QED) is 0.674. The Bertz CT molecular complexity index is 1050. The molecule has 0 saturated carbocycles. The van der Waals surface area contributed by atoms with E-state index in [1.165, 1.54) is 4.57 Å². The zero-order valence-electron chi connectivity index (χ0n) is 14.8. The highest BCUT2D eigenvalue weighted by Gasteiger charge is 2.09. The zero-order chi connectivity index (χ0) is 18.7. The molecule has 0 atom stereocenters. The van der Waals surface area contributed by atoms with Gasteiger partial charge in [-0.1, -0.05) is 26.0 Å². The van der Waals surface area contributed by atoms with Gasteiger partial charge in [-0.15, -0.1) is 0 Å². The lowest BCUT2D eigenvalue weighted by Crippen LogP contribution is -2.25. The molecule has 1 heterocycles. The monoisotopic (exact) mass is 367 g/mol. The molecule has 0 spiro atoms. The van der Waals surface area contributed by atoms with E-state index in [-0.39, 0.29) is 11.5 Å². The number of hydrogen-bond acceptors (Lipinski definition) is 3. The summed E-state index contributed by atoms with van der Waals surface area (Å²) in [4.78, 5) is 28.0. The fourth-order valence-electron chi connectivity index (χ4n) is 2.74. The summed E-state index contributed by atoms with van der Waals surface area (Å²) >= 11 is 5.34. The zero-order valence-corrected chi connectivity index (χ0v) is 15.6. The van der Waals surface area contributed by atoms with Crippen molar-refractivity contribution in [3.63, 3.8) is 0 Å². The van der Waals surface area contributed by atoms with Crippen molar-refractivity contribution in [3.05, 3.63) is 69.2 Å². The number of carbonyl (C=O) groups is 1. The molecule has 1 amide bonds. The number of rotatable bonds is 5. The first-order valence-electron chi connectivity index (χ1n) is 8.60. The molecule has 134 valence electrons. The van der Waals surface area contributed by atoms with Crippen LogP contribution in [-0.4, -0.2) is 22.0 Å². The maximum atomic E-state index is 12.8. The van der Waals surface area contributed by atoms with Gasteiger partial charge in [0.2, 0.25) is 0 Å². The number of aromatic nitrogens is 2. The summed E-state index contributed by atoms with van der Waals surface area (Å²) in [7, 11) is 0. The molecular formula is C20H21N3O2S. The number of nitrogens with zero attached hydrogens (tertiary/aromatic N) is 1. The van der Waals surface area contributed by atoms with Gasteiger partial charge in [0.05, 0.1) is 16.6 Å². The molecule has 5 nitrogen and oxygen atoms in total. The number of H-pyrrole nitrogens is 1. The third kappa shape index (κ3) is 3.75. The van der Waals surface area contributed by atoms with E-state index in [1.54, 1.807) is 30.3 Å². The number of amides is 1. The molecule has 2 aromatic carbocycles. The lowest BCUT2D eigenvalue weighted by molar-refractivity contribution is 0.0952. The van der Waals surface area contributed by atoms with Crippen LogP contribution in [0.3, 0.4) is 0 Å². The van der Waals surface area contributed by atoms with Gasteiger partial charge in [-0.2, -0.15) is 0 Å². The molecule has 0 aliphatic rings. The summed E-state index contributed by atoms with van der Waals surface area (Å²) in [6.07, 6.45) is 0.936. The number of hydrogen-bond donors (Lipinski definition) is 2. The van der Waals surface area contributed by atoms with E-state index in [0.717, 1.165) is 6.42 Å². The Kier molecular flexibility index (Phi) is 5.32. The number of nitrogens with one attached hydrogen (secondary N) is 2. The van der Waals surface area contributed by atoms with E-state index in [9.17, 15) is 9.59 Å². The molecule has 0 aliphatic carbocycles. The number of carbonyl (C=O) groups excluding carboxylic acids is 1. The minimum absolute atomic E-state index is 0.117. The second kappa shape index (κ2) is 7.66. The van der Waals surface area contributed by atoms with Crippen LogP contribution in [0.2, 0.25) is 0 Å². The largest absolute Gasteiger partial charge is 0.352 e. The maximum absolute atomic E-state index is 12.8. The third-order valence-electron chi connectivity index (χ3n) is 4.20.